The van der Waals surface area contributed by atoms with E-state index in [0.717, 1.165) is 5.69 Å². The van der Waals surface area contributed by atoms with E-state index in [1.807, 2.05) is 59.2 Å². The Bertz CT molecular complexity index is 1390. The molecule has 0 spiro atoms. The minimum Gasteiger partial charge on any atom is -0.485 e. The van der Waals surface area contributed by atoms with Gasteiger partial charge in [0, 0.05) is 18.0 Å². The number of hydrogen-bond acceptors (Lipinski definition) is 7. The van der Waals surface area contributed by atoms with Gasteiger partial charge in [-0.15, -0.1) is 10.2 Å². The molecule has 174 valence electrons. The zero-order valence-electron chi connectivity index (χ0n) is 18.5. The van der Waals surface area contributed by atoms with Crippen LogP contribution in [0.1, 0.15) is 32.6 Å². The fourth-order valence-corrected chi connectivity index (χ4v) is 5.10. The minimum absolute atomic E-state index is 0.261. The SMILES string of the molecule is O=C1c2ccccc2C(=O)N1CCSc1nnc(C2COc3ccccc3O2)n1-c1ccccc1. The van der Waals surface area contributed by atoms with Crippen LogP contribution in [0.4, 0.5) is 0 Å². The van der Waals surface area contributed by atoms with Crippen molar-refractivity contribution in [3.63, 3.8) is 0 Å². The Morgan fingerprint density at radius 3 is 2.23 bits per heavy atom. The van der Waals surface area contributed by atoms with Crippen molar-refractivity contribution in [1.29, 1.82) is 0 Å². The van der Waals surface area contributed by atoms with Gasteiger partial charge in [0.05, 0.1) is 11.1 Å². The number of hydrogen-bond donors (Lipinski definition) is 0. The van der Waals surface area contributed by atoms with Crippen LogP contribution >= 0.6 is 11.8 Å². The van der Waals surface area contributed by atoms with E-state index >= 15 is 0 Å². The van der Waals surface area contributed by atoms with Gasteiger partial charge in [-0.1, -0.05) is 54.2 Å². The highest BCUT2D eigenvalue weighted by Crippen LogP contribution is 2.37. The van der Waals surface area contributed by atoms with Gasteiger partial charge >= 0.3 is 0 Å². The topological polar surface area (TPSA) is 86.6 Å². The molecule has 2 aliphatic rings. The molecule has 0 bridgehead atoms. The Morgan fingerprint density at radius 1 is 0.829 bits per heavy atom. The fraction of sp³-hybridized carbons (Fsp3) is 0.154. The van der Waals surface area contributed by atoms with E-state index in [4.69, 9.17) is 9.47 Å². The van der Waals surface area contributed by atoms with Crippen molar-refractivity contribution in [2.45, 2.75) is 11.3 Å². The van der Waals surface area contributed by atoms with Gasteiger partial charge in [-0.3, -0.25) is 19.1 Å². The maximum atomic E-state index is 12.7. The molecule has 0 radical (unpaired) electrons. The van der Waals surface area contributed by atoms with E-state index in [9.17, 15) is 9.59 Å². The number of nitrogens with zero attached hydrogens (tertiary/aromatic N) is 4. The van der Waals surface area contributed by atoms with E-state index in [1.54, 1.807) is 24.3 Å². The molecule has 0 saturated carbocycles. The number of para-hydroxylation sites is 3. The van der Waals surface area contributed by atoms with Crippen LogP contribution in [0, 0.1) is 0 Å². The van der Waals surface area contributed by atoms with Crippen LogP contribution in [0.25, 0.3) is 5.69 Å². The van der Waals surface area contributed by atoms with Crippen LogP contribution in [0.5, 0.6) is 11.5 Å². The number of carbonyl (C=O) groups excluding carboxylic acids is 2. The first-order chi connectivity index (χ1) is 17.2. The van der Waals surface area contributed by atoms with Crippen LogP contribution in [0.15, 0.2) is 84.0 Å². The van der Waals surface area contributed by atoms with Crippen LogP contribution in [-0.4, -0.2) is 50.4 Å². The van der Waals surface area contributed by atoms with Crippen LogP contribution in [-0.2, 0) is 0 Å². The Hall–Kier alpha value is -4.11. The number of imide groups is 1. The standard InChI is InChI=1S/C26H20N4O4S/c31-24-18-10-4-5-11-19(18)25(32)29(24)14-15-35-26-28-27-23(30(26)17-8-2-1-3-9-17)22-16-33-20-12-6-7-13-21(20)34-22/h1-13,22H,14-16H2. The van der Waals surface area contributed by atoms with Crippen molar-refractivity contribution in [3.8, 4) is 17.2 Å². The lowest BCUT2D eigenvalue weighted by Crippen LogP contribution is -2.31. The van der Waals surface area contributed by atoms with Gasteiger partial charge in [-0.05, 0) is 36.4 Å². The highest BCUT2D eigenvalue weighted by atomic mass is 32.2. The molecule has 35 heavy (non-hydrogen) atoms. The smallest absolute Gasteiger partial charge is 0.261 e. The van der Waals surface area contributed by atoms with Gasteiger partial charge < -0.3 is 9.47 Å². The van der Waals surface area contributed by atoms with Gasteiger partial charge in [0.2, 0.25) is 0 Å². The van der Waals surface area contributed by atoms with Gasteiger partial charge in [0.15, 0.2) is 28.6 Å². The number of thioether (sulfide) groups is 1. The minimum atomic E-state index is -0.441. The Balaban J connectivity index is 1.24. The Kier molecular flexibility index (Phi) is 5.46. The molecule has 9 heteroatoms. The molecule has 0 N–H and O–H groups in total. The predicted molar refractivity (Wildman–Crippen MR) is 129 cm³/mol. The van der Waals surface area contributed by atoms with Crippen LogP contribution in [0.3, 0.4) is 0 Å². The largest absolute Gasteiger partial charge is 0.485 e. The van der Waals surface area contributed by atoms with E-state index in [2.05, 4.69) is 10.2 Å². The second-order valence-electron chi connectivity index (χ2n) is 8.03. The molecular weight excluding hydrogens is 464 g/mol. The summed E-state index contributed by atoms with van der Waals surface area (Å²) < 4.78 is 14.0. The van der Waals surface area contributed by atoms with E-state index in [0.29, 0.717) is 46.0 Å². The molecule has 0 aliphatic carbocycles. The molecule has 3 heterocycles. The third-order valence-electron chi connectivity index (χ3n) is 5.89. The quantitative estimate of drug-likeness (QED) is 0.300. The summed E-state index contributed by atoms with van der Waals surface area (Å²) >= 11 is 1.43. The molecule has 1 unspecified atom stereocenters. The summed E-state index contributed by atoms with van der Waals surface area (Å²) in [6.45, 7) is 0.575. The van der Waals surface area contributed by atoms with Crippen molar-refractivity contribution < 1.29 is 19.1 Å². The second-order valence-corrected chi connectivity index (χ2v) is 9.09. The third-order valence-corrected chi connectivity index (χ3v) is 6.80. The lowest BCUT2D eigenvalue weighted by molar-refractivity contribution is 0.0664. The summed E-state index contributed by atoms with van der Waals surface area (Å²) in [5.74, 6) is 1.93. The van der Waals surface area contributed by atoms with E-state index in [1.165, 1.54) is 16.7 Å². The molecule has 1 atom stereocenters. The molecule has 4 aromatic rings. The fourth-order valence-electron chi connectivity index (χ4n) is 4.22. The number of benzene rings is 3. The van der Waals surface area contributed by atoms with Crippen LogP contribution < -0.4 is 9.47 Å². The number of amides is 2. The average molecular weight is 485 g/mol. The number of fused-ring (bicyclic) bond motifs is 2. The van der Waals surface area contributed by atoms with Gasteiger partial charge in [0.25, 0.3) is 11.8 Å². The highest BCUT2D eigenvalue weighted by molar-refractivity contribution is 7.99. The zero-order chi connectivity index (χ0) is 23.8. The van der Waals surface area contributed by atoms with Crippen molar-refractivity contribution in [2.24, 2.45) is 0 Å². The molecule has 0 saturated heterocycles. The summed E-state index contributed by atoms with van der Waals surface area (Å²) in [4.78, 5) is 26.7. The number of aromatic nitrogens is 3. The third kappa shape index (κ3) is 3.83. The predicted octanol–water partition coefficient (Wildman–Crippen LogP) is 4.17. The first kappa shape index (κ1) is 21.4. The molecule has 1 aromatic heterocycles. The summed E-state index contributed by atoms with van der Waals surface area (Å²) in [7, 11) is 0. The highest BCUT2D eigenvalue weighted by Gasteiger charge is 2.35. The maximum absolute atomic E-state index is 12.7. The molecule has 8 nitrogen and oxygen atoms in total. The molecule has 2 aliphatic heterocycles. The van der Waals surface area contributed by atoms with Crippen LogP contribution in [0.2, 0.25) is 0 Å². The van der Waals surface area contributed by atoms with E-state index in [-0.39, 0.29) is 18.4 Å². The first-order valence-electron chi connectivity index (χ1n) is 11.2. The van der Waals surface area contributed by atoms with Gasteiger partial charge in [-0.25, -0.2) is 0 Å². The molecule has 2 amide bonds. The monoisotopic (exact) mass is 484 g/mol. The van der Waals surface area contributed by atoms with Crippen molar-refractivity contribution in [1.82, 2.24) is 19.7 Å². The van der Waals surface area contributed by atoms with Gasteiger partial charge in [-0.2, -0.15) is 0 Å². The van der Waals surface area contributed by atoms with E-state index < -0.39 is 6.10 Å². The Morgan fingerprint density at radius 2 is 1.49 bits per heavy atom. The van der Waals surface area contributed by atoms with Crippen molar-refractivity contribution >= 4 is 23.6 Å². The number of rotatable bonds is 6. The lowest BCUT2D eigenvalue weighted by Gasteiger charge is -2.26. The summed E-state index contributed by atoms with van der Waals surface area (Å²) in [6, 6.07) is 24.2. The summed E-state index contributed by atoms with van der Waals surface area (Å²) in [5.41, 5.74) is 1.79. The zero-order valence-corrected chi connectivity index (χ0v) is 19.4. The normalized spacial score (nSPS) is 16.5. The number of ether oxygens (including phenoxy) is 2. The number of carbonyl (C=O) groups is 2. The first-order valence-corrected chi connectivity index (χ1v) is 12.2. The molecule has 6 rings (SSSR count). The molecule has 3 aromatic carbocycles. The molecular formula is C26H20N4O4S. The average Bonchev–Trinajstić information content (AvgIpc) is 3.44. The molecule has 0 fully saturated rings. The summed E-state index contributed by atoms with van der Waals surface area (Å²) in [6.07, 6.45) is -0.441. The van der Waals surface area contributed by atoms with Crippen molar-refractivity contribution in [2.75, 3.05) is 18.9 Å². The maximum Gasteiger partial charge on any atom is 0.261 e. The Labute approximate surface area is 205 Å². The van der Waals surface area contributed by atoms with Gasteiger partial charge in [0.1, 0.15) is 6.61 Å². The summed E-state index contributed by atoms with van der Waals surface area (Å²) in [5, 5.41) is 9.50. The van der Waals surface area contributed by atoms with Crippen molar-refractivity contribution in [3.05, 3.63) is 95.8 Å². The second kappa shape index (κ2) is 8.92. The lowest BCUT2D eigenvalue weighted by atomic mass is 10.1.